The summed E-state index contributed by atoms with van der Waals surface area (Å²) in [4.78, 5) is 12.2. The third-order valence-corrected chi connectivity index (χ3v) is 3.99. The predicted molar refractivity (Wildman–Crippen MR) is 96.3 cm³/mol. The van der Waals surface area contributed by atoms with Crippen molar-refractivity contribution in [2.75, 3.05) is 10.6 Å². The number of nitriles is 1. The number of carbonyl (C=O) groups is 1. The molecule has 2 rings (SSSR count). The summed E-state index contributed by atoms with van der Waals surface area (Å²) in [6.45, 7) is 1.80. The Labute approximate surface area is 147 Å². The molecule has 0 aliphatic carbocycles. The molecular weight excluding hydrogens is 378 g/mol. The number of halogens is 2. The van der Waals surface area contributed by atoms with E-state index >= 15 is 0 Å². The van der Waals surface area contributed by atoms with Gasteiger partial charge < -0.3 is 10.6 Å². The third-order valence-electron chi connectivity index (χ3n) is 3.09. The van der Waals surface area contributed by atoms with Crippen LogP contribution in [-0.2, 0) is 4.79 Å². The molecule has 0 aromatic heterocycles. The van der Waals surface area contributed by atoms with Crippen molar-refractivity contribution >= 4 is 44.8 Å². The van der Waals surface area contributed by atoms with Crippen molar-refractivity contribution in [3.63, 3.8) is 0 Å². The molecule has 0 atom stereocenters. The largest absolute Gasteiger partial charge is 0.360 e. The summed E-state index contributed by atoms with van der Waals surface area (Å²) in [5, 5.41) is 15.3. The van der Waals surface area contributed by atoms with Crippen LogP contribution in [0.2, 0.25) is 5.02 Å². The van der Waals surface area contributed by atoms with Gasteiger partial charge in [-0.3, -0.25) is 4.79 Å². The fraction of sp³-hybridized carbons (Fsp3) is 0.0588. The van der Waals surface area contributed by atoms with E-state index in [1.807, 2.05) is 30.3 Å². The number of amides is 1. The second-order valence-corrected chi connectivity index (χ2v) is 6.01. The summed E-state index contributed by atoms with van der Waals surface area (Å²) in [6.07, 6.45) is 1.37. The normalized spacial score (nSPS) is 10.8. The summed E-state index contributed by atoms with van der Waals surface area (Å²) >= 11 is 9.38. The Morgan fingerprint density at radius 1 is 1.30 bits per heavy atom. The van der Waals surface area contributed by atoms with E-state index < -0.39 is 5.91 Å². The van der Waals surface area contributed by atoms with Crippen LogP contribution in [0.5, 0.6) is 0 Å². The molecule has 6 heteroatoms. The number of nitrogens with zero attached hydrogens (tertiary/aromatic N) is 1. The van der Waals surface area contributed by atoms with Crippen molar-refractivity contribution in [3.05, 3.63) is 69.3 Å². The number of hydrogen-bond acceptors (Lipinski definition) is 3. The zero-order valence-corrected chi connectivity index (χ0v) is 14.6. The number of hydrogen-bond donors (Lipinski definition) is 2. The maximum Gasteiger partial charge on any atom is 0.267 e. The first-order valence-electron chi connectivity index (χ1n) is 6.70. The van der Waals surface area contributed by atoms with Gasteiger partial charge in [0.1, 0.15) is 11.6 Å². The van der Waals surface area contributed by atoms with Gasteiger partial charge in [0.2, 0.25) is 0 Å². The topological polar surface area (TPSA) is 64.9 Å². The van der Waals surface area contributed by atoms with Gasteiger partial charge in [-0.15, -0.1) is 0 Å². The Kier molecular flexibility index (Phi) is 5.80. The minimum absolute atomic E-state index is 0.0376. The predicted octanol–water partition coefficient (Wildman–Crippen LogP) is 4.87. The lowest BCUT2D eigenvalue weighted by Crippen LogP contribution is -2.15. The van der Waals surface area contributed by atoms with Gasteiger partial charge in [-0.25, -0.2) is 0 Å². The van der Waals surface area contributed by atoms with Crippen molar-refractivity contribution in [2.45, 2.75) is 6.92 Å². The number of rotatable bonds is 4. The van der Waals surface area contributed by atoms with E-state index in [-0.39, 0.29) is 5.57 Å². The lowest BCUT2D eigenvalue weighted by atomic mass is 10.2. The van der Waals surface area contributed by atoms with E-state index in [2.05, 4.69) is 26.6 Å². The van der Waals surface area contributed by atoms with Crippen LogP contribution >= 0.6 is 27.5 Å². The number of carbonyl (C=O) groups excluding carboxylic acids is 1. The summed E-state index contributed by atoms with van der Waals surface area (Å²) in [5.41, 5.74) is 2.05. The van der Waals surface area contributed by atoms with Gasteiger partial charge in [0.25, 0.3) is 5.91 Å². The first-order valence-corrected chi connectivity index (χ1v) is 7.87. The van der Waals surface area contributed by atoms with E-state index in [1.165, 1.54) is 6.20 Å². The van der Waals surface area contributed by atoms with Crippen LogP contribution < -0.4 is 10.6 Å². The first-order chi connectivity index (χ1) is 11.0. The second kappa shape index (κ2) is 7.82. The summed E-state index contributed by atoms with van der Waals surface area (Å²) in [7, 11) is 0. The van der Waals surface area contributed by atoms with Crippen molar-refractivity contribution in [1.29, 1.82) is 5.26 Å². The van der Waals surface area contributed by atoms with Crippen molar-refractivity contribution < 1.29 is 4.79 Å². The third kappa shape index (κ3) is 4.59. The average Bonchev–Trinajstić information content (AvgIpc) is 2.52. The molecule has 0 bridgehead atoms. The van der Waals surface area contributed by atoms with Crippen LogP contribution in [0.4, 0.5) is 11.4 Å². The Bertz CT molecular complexity index is 812. The highest BCUT2D eigenvalue weighted by Crippen LogP contribution is 2.23. The van der Waals surface area contributed by atoms with E-state index in [9.17, 15) is 10.1 Å². The van der Waals surface area contributed by atoms with Gasteiger partial charge >= 0.3 is 0 Å². The van der Waals surface area contributed by atoms with Crippen LogP contribution in [0.25, 0.3) is 0 Å². The number of anilines is 2. The Hall–Kier alpha value is -2.29. The van der Waals surface area contributed by atoms with Gasteiger partial charge in [0.05, 0.1) is 0 Å². The van der Waals surface area contributed by atoms with Crippen LogP contribution in [0.15, 0.2) is 58.7 Å². The average molecular weight is 391 g/mol. The van der Waals surface area contributed by atoms with E-state index in [1.54, 1.807) is 25.1 Å². The van der Waals surface area contributed by atoms with Crippen LogP contribution in [0.3, 0.4) is 0 Å². The lowest BCUT2D eigenvalue weighted by molar-refractivity contribution is -0.112. The molecule has 1 amide bonds. The molecule has 0 unspecified atom stereocenters. The number of benzene rings is 2. The highest BCUT2D eigenvalue weighted by molar-refractivity contribution is 9.10. The maximum atomic E-state index is 12.2. The molecule has 23 heavy (non-hydrogen) atoms. The lowest BCUT2D eigenvalue weighted by Gasteiger charge is -2.09. The molecule has 2 aromatic carbocycles. The minimum atomic E-state index is -0.500. The molecule has 0 aliphatic rings. The molecule has 0 spiro atoms. The monoisotopic (exact) mass is 389 g/mol. The summed E-state index contributed by atoms with van der Waals surface area (Å²) < 4.78 is 0.897. The second-order valence-electron chi connectivity index (χ2n) is 4.69. The molecule has 2 aromatic rings. The van der Waals surface area contributed by atoms with Crippen LogP contribution in [-0.4, -0.2) is 5.91 Å². The highest BCUT2D eigenvalue weighted by atomic mass is 79.9. The van der Waals surface area contributed by atoms with E-state index in [0.29, 0.717) is 10.7 Å². The first kappa shape index (κ1) is 17.1. The Morgan fingerprint density at radius 3 is 2.74 bits per heavy atom. The minimum Gasteiger partial charge on any atom is -0.360 e. The van der Waals surface area contributed by atoms with Gasteiger partial charge in [0.15, 0.2) is 0 Å². The quantitative estimate of drug-likeness (QED) is 0.578. The van der Waals surface area contributed by atoms with E-state index in [4.69, 9.17) is 11.6 Å². The summed E-state index contributed by atoms with van der Waals surface area (Å²) in [6, 6.07) is 14.5. The Balaban J connectivity index is 2.14. The van der Waals surface area contributed by atoms with E-state index in [0.717, 1.165) is 15.7 Å². The van der Waals surface area contributed by atoms with Gasteiger partial charge in [-0.05, 0) is 42.8 Å². The standard InChI is InChI=1S/C17H13BrClN3O/c1-11-15(19)6-3-7-16(11)22-17(23)12(9-20)10-21-14-5-2-4-13(18)8-14/h2-8,10,21H,1H3,(H,22,23)/b12-10-. The smallest absolute Gasteiger partial charge is 0.267 e. The van der Waals surface area contributed by atoms with Gasteiger partial charge in [-0.2, -0.15) is 5.26 Å². The van der Waals surface area contributed by atoms with Gasteiger partial charge in [-0.1, -0.05) is 39.7 Å². The summed E-state index contributed by atoms with van der Waals surface area (Å²) in [5.74, 6) is -0.500. The fourth-order valence-electron chi connectivity index (χ4n) is 1.81. The molecule has 0 saturated carbocycles. The van der Waals surface area contributed by atoms with Crippen LogP contribution in [0, 0.1) is 18.3 Å². The number of nitrogens with one attached hydrogen (secondary N) is 2. The fourth-order valence-corrected chi connectivity index (χ4v) is 2.39. The van der Waals surface area contributed by atoms with Gasteiger partial charge in [0, 0.05) is 27.1 Å². The van der Waals surface area contributed by atoms with Crippen molar-refractivity contribution in [3.8, 4) is 6.07 Å². The molecule has 4 nitrogen and oxygen atoms in total. The molecule has 0 fully saturated rings. The molecule has 0 saturated heterocycles. The van der Waals surface area contributed by atoms with Crippen molar-refractivity contribution in [2.24, 2.45) is 0 Å². The zero-order valence-electron chi connectivity index (χ0n) is 12.2. The van der Waals surface area contributed by atoms with Crippen LogP contribution in [0.1, 0.15) is 5.56 Å². The molecule has 116 valence electrons. The zero-order chi connectivity index (χ0) is 16.8. The maximum absolute atomic E-state index is 12.2. The molecule has 0 aliphatic heterocycles. The Morgan fingerprint density at radius 2 is 2.04 bits per heavy atom. The highest BCUT2D eigenvalue weighted by Gasteiger charge is 2.11. The molecular formula is C17H13BrClN3O. The molecule has 0 radical (unpaired) electrons. The molecule has 2 N–H and O–H groups in total. The SMILES string of the molecule is Cc1c(Cl)cccc1NC(=O)/C(C#N)=C\Nc1cccc(Br)c1. The van der Waals surface area contributed by atoms with Crippen molar-refractivity contribution in [1.82, 2.24) is 0 Å². The molecule has 0 heterocycles.